The van der Waals surface area contributed by atoms with Gasteiger partial charge in [0, 0.05) is 17.2 Å². The molecule has 0 saturated carbocycles. The van der Waals surface area contributed by atoms with Gasteiger partial charge in [0.05, 0.1) is 13.2 Å². The van der Waals surface area contributed by atoms with Crippen LogP contribution < -0.4 is 0 Å². The van der Waals surface area contributed by atoms with E-state index in [9.17, 15) is 31.1 Å². The van der Waals surface area contributed by atoms with Gasteiger partial charge in [-0.2, -0.15) is 26.3 Å². The molecule has 0 aromatic heterocycles. The second-order valence-corrected chi connectivity index (χ2v) is 4.31. The molecule has 0 aliphatic carbocycles. The number of aliphatic hydroxyl groups is 1. The van der Waals surface area contributed by atoms with Crippen LogP contribution in [0.25, 0.3) is 0 Å². The van der Waals surface area contributed by atoms with E-state index in [0.717, 1.165) is 18.2 Å². The number of esters is 1. The first kappa shape index (κ1) is 25.2. The van der Waals surface area contributed by atoms with Crippen molar-refractivity contribution in [3.8, 4) is 0 Å². The first-order valence-electron chi connectivity index (χ1n) is 6.97. The van der Waals surface area contributed by atoms with Crippen molar-refractivity contribution < 1.29 is 41.0 Å². The topological polar surface area (TPSA) is 46.5 Å². The number of carbonyl (C=O) groups excluding carboxylic acids is 1. The maximum absolute atomic E-state index is 12.2. The molecule has 0 bridgehead atoms. The Balaban J connectivity index is 0. The molecule has 0 aliphatic heterocycles. The summed E-state index contributed by atoms with van der Waals surface area (Å²) in [6.07, 6.45) is -6.11. The summed E-state index contributed by atoms with van der Waals surface area (Å²) in [4.78, 5) is 10.7. The van der Waals surface area contributed by atoms with Crippen molar-refractivity contribution in [2.45, 2.75) is 32.1 Å². The van der Waals surface area contributed by atoms with Crippen molar-refractivity contribution in [2.24, 2.45) is 0 Å². The van der Waals surface area contributed by atoms with Crippen LogP contribution in [-0.4, -0.2) is 36.6 Å². The number of rotatable bonds is 7. The molecule has 9 heteroatoms. The summed E-state index contributed by atoms with van der Waals surface area (Å²) < 4.78 is 76.5. The second-order valence-electron chi connectivity index (χ2n) is 4.31. The molecule has 0 amide bonds. The quantitative estimate of drug-likeness (QED) is 0.305. The Kier molecular flexibility index (Phi) is 12.5. The molecule has 0 heterocycles. The van der Waals surface area contributed by atoms with Gasteiger partial charge in [0.15, 0.2) is 0 Å². The lowest BCUT2D eigenvalue weighted by atomic mass is 10.1. The molecular formula is C16H20F6O3. The maximum Gasteiger partial charge on any atom is 0.413 e. The van der Waals surface area contributed by atoms with Crippen LogP contribution in [0, 0.1) is 0 Å². The fourth-order valence-corrected chi connectivity index (χ4v) is 1.32. The molecule has 0 fully saturated rings. The summed E-state index contributed by atoms with van der Waals surface area (Å²) in [5.41, 5.74) is -1.71. The Labute approximate surface area is 142 Å². The summed E-state index contributed by atoms with van der Waals surface area (Å²) >= 11 is 0. The number of ether oxygens (including phenoxy) is 1. The number of allylic oxidation sites excluding steroid dienone is 4. The minimum atomic E-state index is -4.51. The van der Waals surface area contributed by atoms with Gasteiger partial charge in [0.1, 0.15) is 0 Å². The molecule has 0 unspecified atom stereocenters. The SMILES string of the molecule is C=CC/C(=C\C(=O)OCC)C(F)(F)F.C=CC/C(=C\CO)C(F)(F)F. The first-order chi connectivity index (χ1) is 11.4. The van der Waals surface area contributed by atoms with E-state index < -0.39 is 42.5 Å². The van der Waals surface area contributed by atoms with E-state index in [2.05, 4.69) is 17.9 Å². The van der Waals surface area contributed by atoms with Crippen molar-refractivity contribution in [1.29, 1.82) is 0 Å². The van der Waals surface area contributed by atoms with Gasteiger partial charge in [-0.1, -0.05) is 18.2 Å². The van der Waals surface area contributed by atoms with E-state index in [1.165, 1.54) is 6.92 Å². The van der Waals surface area contributed by atoms with Crippen LogP contribution in [0.5, 0.6) is 0 Å². The van der Waals surface area contributed by atoms with Crippen molar-refractivity contribution >= 4 is 5.97 Å². The smallest absolute Gasteiger partial charge is 0.413 e. The van der Waals surface area contributed by atoms with Crippen molar-refractivity contribution in [3.05, 3.63) is 48.6 Å². The third kappa shape index (κ3) is 13.0. The van der Waals surface area contributed by atoms with E-state index in [4.69, 9.17) is 5.11 Å². The zero-order chi connectivity index (χ0) is 20.1. The summed E-state index contributed by atoms with van der Waals surface area (Å²) in [5.74, 6) is -0.985. The maximum atomic E-state index is 12.2. The van der Waals surface area contributed by atoms with E-state index in [-0.39, 0.29) is 13.0 Å². The summed E-state index contributed by atoms with van der Waals surface area (Å²) in [5, 5.41) is 8.22. The van der Waals surface area contributed by atoms with Gasteiger partial charge < -0.3 is 9.84 Å². The van der Waals surface area contributed by atoms with Crippen LogP contribution in [0.1, 0.15) is 19.8 Å². The summed E-state index contributed by atoms with van der Waals surface area (Å²) in [6.45, 7) is 7.32. The number of halogens is 6. The lowest BCUT2D eigenvalue weighted by Gasteiger charge is -2.08. The van der Waals surface area contributed by atoms with Crippen LogP contribution in [0.4, 0.5) is 26.3 Å². The van der Waals surface area contributed by atoms with Gasteiger partial charge in [-0.15, -0.1) is 13.2 Å². The second kappa shape index (κ2) is 12.3. The van der Waals surface area contributed by atoms with E-state index in [0.29, 0.717) is 6.08 Å². The Hall–Kier alpha value is -2.03. The normalized spacial score (nSPS) is 12.8. The monoisotopic (exact) mass is 374 g/mol. The molecule has 3 nitrogen and oxygen atoms in total. The highest BCUT2D eigenvalue weighted by molar-refractivity contribution is 5.83. The van der Waals surface area contributed by atoms with Crippen molar-refractivity contribution in [1.82, 2.24) is 0 Å². The summed E-state index contributed by atoms with van der Waals surface area (Å²) in [6, 6.07) is 0. The number of aliphatic hydroxyl groups excluding tert-OH is 1. The Morgan fingerprint density at radius 2 is 1.44 bits per heavy atom. The number of hydrogen-bond donors (Lipinski definition) is 1. The van der Waals surface area contributed by atoms with Crippen LogP contribution in [0.15, 0.2) is 48.6 Å². The van der Waals surface area contributed by atoms with Crippen LogP contribution in [-0.2, 0) is 9.53 Å². The highest BCUT2D eigenvalue weighted by Gasteiger charge is 2.33. The lowest BCUT2D eigenvalue weighted by Crippen LogP contribution is -2.14. The Morgan fingerprint density at radius 1 is 1.00 bits per heavy atom. The highest BCUT2D eigenvalue weighted by Crippen LogP contribution is 2.28. The number of hydrogen-bond acceptors (Lipinski definition) is 3. The lowest BCUT2D eigenvalue weighted by molar-refractivity contribution is -0.138. The van der Waals surface area contributed by atoms with Gasteiger partial charge in [-0.3, -0.25) is 0 Å². The third-order valence-corrected chi connectivity index (χ3v) is 2.37. The molecular weight excluding hydrogens is 354 g/mol. The van der Waals surface area contributed by atoms with Gasteiger partial charge >= 0.3 is 18.3 Å². The first-order valence-corrected chi connectivity index (χ1v) is 6.97. The average Bonchev–Trinajstić information content (AvgIpc) is 2.45. The van der Waals surface area contributed by atoms with E-state index in [1.807, 2.05) is 0 Å². The standard InChI is InChI=1S/C9H11F3O2.C7H9F3O/c1-3-5-7(9(10,11)12)6-8(13)14-4-2;1-2-3-6(4-5-11)7(8,9)10/h3,6H,1,4-5H2,2H3;2,4,11H,1,3,5H2/b7-6+;6-4+. The molecule has 0 aliphatic rings. The molecule has 0 saturated heterocycles. The van der Waals surface area contributed by atoms with Gasteiger partial charge in [0.2, 0.25) is 0 Å². The van der Waals surface area contributed by atoms with Crippen molar-refractivity contribution in [3.63, 3.8) is 0 Å². The largest absolute Gasteiger partial charge is 0.463 e. The fourth-order valence-electron chi connectivity index (χ4n) is 1.32. The molecule has 0 atom stereocenters. The molecule has 25 heavy (non-hydrogen) atoms. The molecule has 0 spiro atoms. The fraction of sp³-hybridized carbons (Fsp3) is 0.438. The highest BCUT2D eigenvalue weighted by atomic mass is 19.4. The predicted octanol–water partition coefficient (Wildman–Crippen LogP) is 4.66. The number of carbonyl (C=O) groups is 1. The minimum absolute atomic E-state index is 0.0502. The molecule has 1 N–H and O–H groups in total. The average molecular weight is 374 g/mol. The molecule has 0 radical (unpaired) electrons. The molecule has 0 aromatic rings. The van der Waals surface area contributed by atoms with Crippen LogP contribution >= 0.6 is 0 Å². The minimum Gasteiger partial charge on any atom is -0.463 e. The predicted molar refractivity (Wildman–Crippen MR) is 81.6 cm³/mol. The third-order valence-electron chi connectivity index (χ3n) is 2.37. The Bertz CT molecular complexity index is 487. The van der Waals surface area contributed by atoms with Crippen LogP contribution in [0.2, 0.25) is 0 Å². The van der Waals surface area contributed by atoms with Gasteiger partial charge in [-0.05, 0) is 19.8 Å². The molecule has 0 rings (SSSR count). The zero-order valence-electron chi connectivity index (χ0n) is 13.6. The molecule has 0 aromatic carbocycles. The van der Waals surface area contributed by atoms with E-state index in [1.54, 1.807) is 0 Å². The summed E-state index contributed by atoms with van der Waals surface area (Å²) in [7, 11) is 0. The van der Waals surface area contributed by atoms with Gasteiger partial charge in [0.25, 0.3) is 0 Å². The van der Waals surface area contributed by atoms with Crippen LogP contribution in [0.3, 0.4) is 0 Å². The van der Waals surface area contributed by atoms with E-state index >= 15 is 0 Å². The Morgan fingerprint density at radius 3 is 1.76 bits per heavy atom. The van der Waals surface area contributed by atoms with Crippen molar-refractivity contribution in [2.75, 3.05) is 13.2 Å². The number of alkyl halides is 6. The zero-order valence-corrected chi connectivity index (χ0v) is 13.6. The van der Waals surface area contributed by atoms with Gasteiger partial charge in [-0.25, -0.2) is 4.79 Å². The molecule has 144 valence electrons.